The van der Waals surface area contributed by atoms with Gasteiger partial charge in [0.05, 0.1) is 6.33 Å². The first-order valence-electron chi connectivity index (χ1n) is 2.59. The van der Waals surface area contributed by atoms with Gasteiger partial charge in [-0.05, 0) is 0 Å². The van der Waals surface area contributed by atoms with Crippen LogP contribution < -0.4 is 5.73 Å². The highest BCUT2D eigenvalue weighted by Crippen LogP contribution is 1.88. The predicted molar refractivity (Wildman–Crippen MR) is 29.8 cm³/mol. The molecule has 0 unspecified atom stereocenters. The highest BCUT2D eigenvalue weighted by atomic mass is 15.0. The molecule has 0 fully saturated rings. The van der Waals surface area contributed by atoms with Gasteiger partial charge in [-0.3, -0.25) is 0 Å². The van der Waals surface area contributed by atoms with E-state index in [0.717, 1.165) is 12.2 Å². The van der Waals surface area contributed by atoms with Gasteiger partial charge in [0.15, 0.2) is 0 Å². The summed E-state index contributed by atoms with van der Waals surface area (Å²) < 4.78 is 1.92. The van der Waals surface area contributed by atoms with Crippen molar-refractivity contribution in [2.45, 2.75) is 6.54 Å². The van der Waals surface area contributed by atoms with E-state index >= 15 is 0 Å². The molecule has 0 saturated heterocycles. The van der Waals surface area contributed by atoms with Crippen LogP contribution in [0.25, 0.3) is 0 Å². The minimum atomic E-state index is 0.779. The van der Waals surface area contributed by atoms with Crippen LogP contribution in [0.4, 0.5) is 0 Å². The second-order valence-corrected chi connectivity index (χ2v) is 1.78. The molecule has 8 heavy (non-hydrogen) atoms. The van der Waals surface area contributed by atoms with Gasteiger partial charge in [0.1, 0.15) is 12.2 Å². The van der Waals surface area contributed by atoms with Gasteiger partial charge in [-0.2, -0.15) is 0 Å². The van der Waals surface area contributed by atoms with Crippen molar-refractivity contribution in [3.63, 3.8) is 0 Å². The molecule has 0 aromatic carbocycles. The van der Waals surface area contributed by atoms with E-state index in [1.165, 1.54) is 0 Å². The van der Waals surface area contributed by atoms with Crippen LogP contribution in [0.2, 0.25) is 0 Å². The summed E-state index contributed by atoms with van der Waals surface area (Å²) in [5, 5.41) is 0. The predicted octanol–water partition coefficient (Wildman–Crippen LogP) is -0.838. The molecule has 1 rings (SSSR count). The van der Waals surface area contributed by atoms with E-state index in [4.69, 9.17) is 0 Å². The second-order valence-electron chi connectivity index (χ2n) is 1.78. The molecular weight excluding hydrogens is 102 g/mol. The Morgan fingerprint density at radius 2 is 2.62 bits per heavy atom. The lowest BCUT2D eigenvalue weighted by atomic mass is 10.5. The van der Waals surface area contributed by atoms with Crippen LogP contribution in [-0.4, -0.2) is 9.55 Å². The van der Waals surface area contributed by atoms with Gasteiger partial charge >= 0.3 is 0 Å². The fourth-order valence-corrected chi connectivity index (χ4v) is 0.596. The van der Waals surface area contributed by atoms with Crippen LogP contribution in [0.3, 0.4) is 0 Å². The third-order valence-electron chi connectivity index (χ3n) is 1.01. The largest absolute Gasteiger partial charge is 0.352 e. The van der Waals surface area contributed by atoms with E-state index in [9.17, 15) is 0 Å². The highest BCUT2D eigenvalue weighted by molar-refractivity contribution is 4.92. The zero-order valence-electron chi connectivity index (χ0n) is 4.96. The lowest BCUT2D eigenvalue weighted by Gasteiger charge is -1.80. The molecule has 1 aromatic rings. The van der Waals surface area contributed by atoms with Gasteiger partial charge < -0.3 is 10.3 Å². The number of rotatable bonds is 1. The maximum absolute atomic E-state index is 4.03. The van der Waals surface area contributed by atoms with E-state index in [1.54, 1.807) is 6.33 Å². The van der Waals surface area contributed by atoms with Crippen LogP contribution in [-0.2, 0) is 13.6 Å². The highest BCUT2D eigenvalue weighted by Gasteiger charge is 1.90. The molecule has 0 spiro atoms. The molecule has 0 radical (unpaired) electrons. The van der Waals surface area contributed by atoms with E-state index in [-0.39, 0.29) is 0 Å². The third kappa shape index (κ3) is 0.869. The molecule has 0 aliphatic rings. The lowest BCUT2D eigenvalue weighted by molar-refractivity contribution is -0.387. The van der Waals surface area contributed by atoms with Crippen molar-refractivity contribution in [1.29, 1.82) is 0 Å². The van der Waals surface area contributed by atoms with Crippen molar-refractivity contribution < 1.29 is 5.73 Å². The summed E-state index contributed by atoms with van der Waals surface area (Å²) in [5.41, 5.74) is 4.74. The Balaban J connectivity index is 2.84. The SMILES string of the molecule is Cn1cnc(C[NH3+])c1. The normalized spacial score (nSPS) is 9.75. The minimum absolute atomic E-state index is 0.779. The Morgan fingerprint density at radius 1 is 1.88 bits per heavy atom. The van der Waals surface area contributed by atoms with E-state index in [1.807, 2.05) is 17.8 Å². The molecule has 0 aliphatic carbocycles. The molecule has 0 atom stereocenters. The Bertz CT molecular complexity index is 168. The summed E-state index contributed by atoms with van der Waals surface area (Å²) in [4.78, 5) is 4.03. The fraction of sp³-hybridized carbons (Fsp3) is 0.400. The first-order valence-corrected chi connectivity index (χ1v) is 2.59. The first-order chi connectivity index (χ1) is 3.83. The second kappa shape index (κ2) is 1.96. The first kappa shape index (κ1) is 5.31. The summed E-state index contributed by atoms with van der Waals surface area (Å²) in [6.45, 7) is 0.779. The van der Waals surface area contributed by atoms with Crippen molar-refractivity contribution in [3.8, 4) is 0 Å². The molecule has 44 valence electrons. The van der Waals surface area contributed by atoms with Gasteiger partial charge in [0, 0.05) is 13.2 Å². The van der Waals surface area contributed by atoms with Gasteiger partial charge in [0.2, 0.25) is 0 Å². The van der Waals surface area contributed by atoms with E-state index in [2.05, 4.69) is 10.7 Å². The zero-order chi connectivity index (χ0) is 5.98. The summed E-state index contributed by atoms with van der Waals surface area (Å²) in [6.07, 6.45) is 3.74. The van der Waals surface area contributed by atoms with Crippen LogP contribution in [0.15, 0.2) is 12.5 Å². The number of imidazole rings is 1. The molecule has 0 bridgehead atoms. The van der Waals surface area contributed by atoms with Gasteiger partial charge in [0.25, 0.3) is 0 Å². The molecule has 0 amide bonds. The molecule has 1 heterocycles. The Labute approximate surface area is 48.1 Å². The molecule has 0 aliphatic heterocycles. The zero-order valence-corrected chi connectivity index (χ0v) is 4.96. The maximum atomic E-state index is 4.03. The number of nitrogens with zero attached hydrogens (tertiary/aromatic N) is 2. The summed E-state index contributed by atoms with van der Waals surface area (Å²) in [5.74, 6) is 0. The summed E-state index contributed by atoms with van der Waals surface area (Å²) >= 11 is 0. The van der Waals surface area contributed by atoms with Crippen LogP contribution in [0, 0.1) is 0 Å². The van der Waals surface area contributed by atoms with E-state index in [0.29, 0.717) is 0 Å². The Morgan fingerprint density at radius 3 is 2.88 bits per heavy atom. The maximum Gasteiger partial charge on any atom is 0.118 e. The minimum Gasteiger partial charge on any atom is -0.352 e. The van der Waals surface area contributed by atoms with Gasteiger partial charge in [-0.25, -0.2) is 4.98 Å². The summed E-state index contributed by atoms with van der Waals surface area (Å²) in [7, 11) is 1.95. The number of quaternary nitrogens is 1. The average molecular weight is 112 g/mol. The number of hydrogen-bond acceptors (Lipinski definition) is 1. The van der Waals surface area contributed by atoms with E-state index < -0.39 is 0 Å². The van der Waals surface area contributed by atoms with Crippen LogP contribution in [0.5, 0.6) is 0 Å². The Hall–Kier alpha value is -0.830. The lowest BCUT2D eigenvalue weighted by Crippen LogP contribution is -2.47. The third-order valence-corrected chi connectivity index (χ3v) is 1.01. The molecule has 0 saturated carbocycles. The van der Waals surface area contributed by atoms with Crippen LogP contribution in [0.1, 0.15) is 5.69 Å². The molecule has 3 N–H and O–H groups in total. The Kier molecular flexibility index (Phi) is 1.30. The molecule has 3 nitrogen and oxygen atoms in total. The van der Waals surface area contributed by atoms with Crippen molar-refractivity contribution in [1.82, 2.24) is 9.55 Å². The molecule has 3 heteroatoms. The average Bonchev–Trinajstić information content (AvgIpc) is 2.14. The summed E-state index contributed by atoms with van der Waals surface area (Å²) in [6, 6.07) is 0. The van der Waals surface area contributed by atoms with Gasteiger partial charge in [-0.1, -0.05) is 0 Å². The fourth-order valence-electron chi connectivity index (χ4n) is 0.596. The monoisotopic (exact) mass is 112 g/mol. The molecular formula is C5H10N3+. The van der Waals surface area contributed by atoms with Gasteiger partial charge in [-0.15, -0.1) is 0 Å². The van der Waals surface area contributed by atoms with Crippen LogP contribution >= 0.6 is 0 Å². The topological polar surface area (TPSA) is 45.5 Å². The number of hydrogen-bond donors (Lipinski definition) is 1. The van der Waals surface area contributed by atoms with Crippen molar-refractivity contribution in [2.24, 2.45) is 7.05 Å². The number of aromatic nitrogens is 2. The molecule has 1 aromatic heterocycles. The quantitative estimate of drug-likeness (QED) is 0.506. The smallest absolute Gasteiger partial charge is 0.118 e. The van der Waals surface area contributed by atoms with Crippen molar-refractivity contribution in [3.05, 3.63) is 18.2 Å². The van der Waals surface area contributed by atoms with Crippen molar-refractivity contribution >= 4 is 0 Å². The van der Waals surface area contributed by atoms with Crippen molar-refractivity contribution in [2.75, 3.05) is 0 Å². The standard InChI is InChI=1S/C5H9N3/c1-8-3-5(2-6)7-4-8/h3-4H,2,6H2,1H3/p+1. The number of aryl methyl sites for hydroxylation is 1.